The van der Waals surface area contributed by atoms with E-state index in [2.05, 4.69) is 0 Å². The van der Waals surface area contributed by atoms with Gasteiger partial charge in [0, 0.05) is 42.7 Å². The Morgan fingerprint density at radius 3 is 1.44 bits per heavy atom. The molecule has 2 rings (SSSR count). The third-order valence-electron chi connectivity index (χ3n) is 4.71. The summed E-state index contributed by atoms with van der Waals surface area (Å²) in [5.41, 5.74) is 0. The Labute approximate surface area is 148 Å². The highest BCUT2D eigenvalue weighted by Crippen LogP contribution is 2.29. The van der Waals surface area contributed by atoms with Crippen molar-refractivity contribution in [2.75, 3.05) is 55.9 Å². The second-order valence-electron chi connectivity index (χ2n) is 5.89. The predicted octanol–water partition coefficient (Wildman–Crippen LogP) is -0.194. The van der Waals surface area contributed by atoms with Gasteiger partial charge in [-0.2, -0.15) is 0 Å². The zero-order valence-corrected chi connectivity index (χ0v) is 15.7. The Balaban J connectivity index is 2.15. The molecule has 0 bridgehead atoms. The average Bonchev–Trinajstić information content (AvgIpc) is 2.66. The Morgan fingerprint density at radius 2 is 1.00 bits per heavy atom. The fourth-order valence-electron chi connectivity index (χ4n) is 3.33. The van der Waals surface area contributed by atoms with Crippen molar-refractivity contribution < 1.29 is 42.6 Å². The van der Waals surface area contributed by atoms with Crippen molar-refractivity contribution in [3.8, 4) is 0 Å². The molecule has 2 aliphatic heterocycles. The lowest BCUT2D eigenvalue weighted by Gasteiger charge is -2.45. The first-order chi connectivity index (χ1) is 12.1. The lowest BCUT2D eigenvalue weighted by Crippen LogP contribution is -2.61. The van der Waals surface area contributed by atoms with Crippen LogP contribution in [-0.4, -0.2) is 105 Å². The van der Waals surface area contributed by atoms with Crippen LogP contribution in [0.2, 0.25) is 0 Å². The van der Waals surface area contributed by atoms with Gasteiger partial charge in [0.1, 0.15) is 36.6 Å². The molecular weight excluding hydrogens is 336 g/mol. The summed E-state index contributed by atoms with van der Waals surface area (Å²) in [6.45, 7) is 0.662. The van der Waals surface area contributed by atoms with E-state index in [0.717, 1.165) is 0 Å². The second-order valence-corrected chi connectivity index (χ2v) is 5.89. The Morgan fingerprint density at radius 1 is 0.520 bits per heavy atom. The Kier molecular flexibility index (Phi) is 8.46. The van der Waals surface area contributed by atoms with E-state index >= 15 is 0 Å². The molecule has 8 atom stereocenters. The average molecular weight is 366 g/mol. The molecule has 0 radical (unpaired) electrons. The van der Waals surface area contributed by atoms with Gasteiger partial charge in [-0.25, -0.2) is 0 Å². The van der Waals surface area contributed by atoms with E-state index in [4.69, 9.17) is 42.6 Å². The van der Waals surface area contributed by atoms with Gasteiger partial charge in [0.25, 0.3) is 0 Å². The van der Waals surface area contributed by atoms with Crippen molar-refractivity contribution in [3.63, 3.8) is 0 Å². The molecule has 2 aliphatic rings. The Hall–Kier alpha value is -0.360. The molecule has 9 heteroatoms. The van der Waals surface area contributed by atoms with E-state index in [1.165, 1.54) is 0 Å². The van der Waals surface area contributed by atoms with Crippen molar-refractivity contribution in [2.24, 2.45) is 0 Å². The fourth-order valence-corrected chi connectivity index (χ4v) is 3.33. The molecule has 0 aliphatic carbocycles. The second kappa shape index (κ2) is 10.1. The predicted molar refractivity (Wildman–Crippen MR) is 85.3 cm³/mol. The minimum atomic E-state index is -0.694. The van der Waals surface area contributed by atoms with E-state index in [1.807, 2.05) is 0 Å². The van der Waals surface area contributed by atoms with Gasteiger partial charge in [-0.15, -0.1) is 0 Å². The van der Waals surface area contributed by atoms with Crippen LogP contribution in [0.4, 0.5) is 0 Å². The molecule has 148 valence electrons. The van der Waals surface area contributed by atoms with Crippen molar-refractivity contribution in [3.05, 3.63) is 0 Å². The highest BCUT2D eigenvalue weighted by Gasteiger charge is 2.48. The number of hydrogen-bond acceptors (Lipinski definition) is 9. The molecule has 9 nitrogen and oxygen atoms in total. The van der Waals surface area contributed by atoms with E-state index in [-0.39, 0.29) is 24.4 Å². The third-order valence-corrected chi connectivity index (χ3v) is 4.71. The van der Waals surface area contributed by atoms with Crippen LogP contribution in [0.15, 0.2) is 0 Å². The first kappa shape index (κ1) is 20.9. The van der Waals surface area contributed by atoms with Crippen LogP contribution in [0.25, 0.3) is 0 Å². The zero-order chi connectivity index (χ0) is 18.4. The molecule has 0 saturated carbocycles. The molecule has 0 N–H and O–H groups in total. The smallest absolute Gasteiger partial charge is 0.187 e. The van der Waals surface area contributed by atoms with Gasteiger partial charge in [0.05, 0.1) is 13.2 Å². The zero-order valence-electron chi connectivity index (χ0n) is 15.7. The van der Waals surface area contributed by atoms with Gasteiger partial charge in [-0.1, -0.05) is 0 Å². The Bertz CT molecular complexity index is 383. The standard InChI is InChI=1S/C16H30O9/c1-17-9-8-24-16(13(21-5)11(9)19-3)25-14-12(20-4)10(18-2)7-23-15(14)22-6/h9-16H,7-8H2,1-6H3/t9?,10-,11?,12+,13?,14-,15+,16?/m1/s1. The molecule has 2 saturated heterocycles. The molecule has 25 heavy (non-hydrogen) atoms. The molecular formula is C16H30O9. The topological polar surface area (TPSA) is 83.1 Å². The van der Waals surface area contributed by atoms with Gasteiger partial charge in [0.2, 0.25) is 0 Å². The van der Waals surface area contributed by atoms with Crippen LogP contribution in [-0.2, 0) is 42.6 Å². The number of methoxy groups -OCH3 is 6. The fraction of sp³-hybridized carbons (Fsp3) is 1.00. The molecule has 0 aromatic rings. The van der Waals surface area contributed by atoms with Crippen molar-refractivity contribution in [1.82, 2.24) is 0 Å². The maximum Gasteiger partial charge on any atom is 0.187 e. The summed E-state index contributed by atoms with van der Waals surface area (Å²) in [4.78, 5) is 0. The van der Waals surface area contributed by atoms with Crippen LogP contribution in [0.3, 0.4) is 0 Å². The summed E-state index contributed by atoms with van der Waals surface area (Å²) in [6.07, 6.45) is -3.60. The van der Waals surface area contributed by atoms with Crippen LogP contribution < -0.4 is 0 Å². The van der Waals surface area contributed by atoms with Crippen molar-refractivity contribution in [2.45, 2.75) is 49.2 Å². The highest BCUT2D eigenvalue weighted by molar-refractivity contribution is 4.91. The molecule has 2 heterocycles. The summed E-state index contributed by atoms with van der Waals surface area (Å²) in [5.74, 6) is 0. The number of rotatable bonds is 8. The molecule has 0 amide bonds. The van der Waals surface area contributed by atoms with Gasteiger partial charge in [-0.3, -0.25) is 0 Å². The first-order valence-corrected chi connectivity index (χ1v) is 8.20. The number of ether oxygens (including phenoxy) is 9. The minimum Gasteiger partial charge on any atom is -0.376 e. The van der Waals surface area contributed by atoms with Gasteiger partial charge < -0.3 is 42.6 Å². The van der Waals surface area contributed by atoms with Crippen molar-refractivity contribution >= 4 is 0 Å². The summed E-state index contributed by atoms with van der Waals surface area (Å²) in [6, 6.07) is 0. The van der Waals surface area contributed by atoms with Crippen LogP contribution in [0.5, 0.6) is 0 Å². The first-order valence-electron chi connectivity index (χ1n) is 8.20. The lowest BCUT2D eigenvalue weighted by molar-refractivity contribution is -0.347. The SMILES string of the molecule is COC1COC(O[C@H]2[C@@H](OC)OC[C@@H](OC)[C@@H]2OC)C(OC)C1OC. The van der Waals surface area contributed by atoms with Crippen LogP contribution in [0, 0.1) is 0 Å². The van der Waals surface area contributed by atoms with Gasteiger partial charge >= 0.3 is 0 Å². The largest absolute Gasteiger partial charge is 0.376 e. The molecule has 0 aromatic carbocycles. The summed E-state index contributed by atoms with van der Waals surface area (Å²) in [5, 5.41) is 0. The monoisotopic (exact) mass is 366 g/mol. The minimum absolute atomic E-state index is 0.249. The summed E-state index contributed by atoms with van der Waals surface area (Å²) >= 11 is 0. The van der Waals surface area contributed by atoms with Gasteiger partial charge in [-0.05, 0) is 0 Å². The lowest BCUT2D eigenvalue weighted by atomic mass is 10.0. The van der Waals surface area contributed by atoms with E-state index < -0.39 is 24.8 Å². The van der Waals surface area contributed by atoms with Crippen LogP contribution in [0.1, 0.15) is 0 Å². The summed E-state index contributed by atoms with van der Waals surface area (Å²) < 4.78 is 50.6. The maximum absolute atomic E-state index is 6.16. The quantitative estimate of drug-likeness (QED) is 0.580. The van der Waals surface area contributed by atoms with Crippen LogP contribution >= 0.6 is 0 Å². The van der Waals surface area contributed by atoms with E-state index in [9.17, 15) is 0 Å². The molecule has 4 unspecified atom stereocenters. The normalized spacial score (nSPS) is 42.5. The molecule has 0 spiro atoms. The van der Waals surface area contributed by atoms with Crippen molar-refractivity contribution in [1.29, 1.82) is 0 Å². The van der Waals surface area contributed by atoms with E-state index in [1.54, 1.807) is 42.7 Å². The number of hydrogen-bond donors (Lipinski definition) is 0. The third kappa shape index (κ3) is 4.49. The maximum atomic E-state index is 6.16. The van der Waals surface area contributed by atoms with E-state index in [0.29, 0.717) is 13.2 Å². The molecule has 2 fully saturated rings. The molecule has 0 aromatic heterocycles. The van der Waals surface area contributed by atoms with Gasteiger partial charge in [0.15, 0.2) is 12.6 Å². The summed E-state index contributed by atoms with van der Waals surface area (Å²) in [7, 11) is 9.53. The highest BCUT2D eigenvalue weighted by atomic mass is 16.8.